The molecule has 200 valence electrons. The van der Waals surface area contributed by atoms with Crippen molar-refractivity contribution in [1.82, 2.24) is 5.32 Å². The van der Waals surface area contributed by atoms with Crippen molar-refractivity contribution in [2.24, 2.45) is 40.4 Å². The molecule has 0 aliphatic heterocycles. The van der Waals surface area contributed by atoms with Crippen molar-refractivity contribution in [1.29, 1.82) is 0 Å². The molecular weight excluding hydrogens is 434 g/mol. The van der Waals surface area contributed by atoms with Gasteiger partial charge in [0.1, 0.15) is 0 Å². The molecule has 4 nitrogen and oxygen atoms in total. The van der Waals surface area contributed by atoms with E-state index in [9.17, 15) is 9.90 Å². The van der Waals surface area contributed by atoms with Gasteiger partial charge in [-0.2, -0.15) is 0 Å². The van der Waals surface area contributed by atoms with Crippen LogP contribution in [0.15, 0.2) is 11.6 Å². The lowest BCUT2D eigenvalue weighted by molar-refractivity contribution is -0.140. The molecule has 35 heavy (non-hydrogen) atoms. The minimum absolute atomic E-state index is 0.0790. The van der Waals surface area contributed by atoms with Crippen LogP contribution in [0.1, 0.15) is 111 Å². The van der Waals surface area contributed by atoms with Gasteiger partial charge in [-0.3, -0.25) is 4.79 Å². The van der Waals surface area contributed by atoms with Gasteiger partial charge in [-0.25, -0.2) is 0 Å². The first kappa shape index (κ1) is 27.2. The molecule has 4 rings (SSSR count). The molecule has 3 fully saturated rings. The number of aliphatic hydroxyl groups excluding tert-OH is 1. The Morgan fingerprint density at radius 2 is 1.86 bits per heavy atom. The maximum Gasteiger partial charge on any atom is 0.305 e. The minimum Gasteiger partial charge on any atom is -0.469 e. The van der Waals surface area contributed by atoms with Crippen LogP contribution in [-0.4, -0.2) is 37.4 Å². The van der Waals surface area contributed by atoms with Gasteiger partial charge in [0.2, 0.25) is 0 Å². The zero-order valence-corrected chi connectivity index (χ0v) is 23.1. The Labute approximate surface area is 215 Å². The molecule has 0 amide bonds. The number of allylic oxidation sites excluding steroid dienone is 1. The molecule has 4 heteroatoms. The zero-order valence-electron chi connectivity index (χ0n) is 23.1. The molecule has 3 saturated carbocycles. The average Bonchev–Trinajstić information content (AvgIpc) is 3.20. The van der Waals surface area contributed by atoms with Crippen LogP contribution in [0.2, 0.25) is 0 Å². The first-order valence-electron chi connectivity index (χ1n) is 14.9. The third-order valence-corrected chi connectivity index (χ3v) is 11.3. The van der Waals surface area contributed by atoms with Gasteiger partial charge in [-0.05, 0) is 118 Å². The van der Waals surface area contributed by atoms with E-state index in [1.54, 1.807) is 5.57 Å². The van der Waals surface area contributed by atoms with Crippen LogP contribution < -0.4 is 5.32 Å². The number of nitrogens with one attached hydrogen (secondary N) is 1. The second-order valence-corrected chi connectivity index (χ2v) is 13.2. The van der Waals surface area contributed by atoms with E-state index in [2.05, 4.69) is 32.2 Å². The van der Waals surface area contributed by atoms with Crippen LogP contribution in [0.3, 0.4) is 0 Å². The Morgan fingerprint density at radius 3 is 2.66 bits per heavy atom. The maximum atomic E-state index is 11.2. The fourth-order valence-corrected chi connectivity index (χ4v) is 9.24. The van der Waals surface area contributed by atoms with Crippen molar-refractivity contribution in [3.8, 4) is 0 Å². The number of carbonyl (C=O) groups is 1. The van der Waals surface area contributed by atoms with Crippen molar-refractivity contribution in [3.05, 3.63) is 11.6 Å². The van der Waals surface area contributed by atoms with E-state index in [1.807, 2.05) is 0 Å². The number of ether oxygens (including phenoxy) is 1. The normalized spacial score (nSPS) is 39.2. The number of unbranched alkanes of at least 4 members (excludes halogenated alkanes) is 4. The van der Waals surface area contributed by atoms with E-state index in [1.165, 1.54) is 64.9 Å². The van der Waals surface area contributed by atoms with Gasteiger partial charge in [0.25, 0.3) is 0 Å². The number of hydrogen-bond acceptors (Lipinski definition) is 4. The van der Waals surface area contributed by atoms with Crippen LogP contribution in [-0.2, 0) is 9.53 Å². The quantitative estimate of drug-likeness (QED) is 0.194. The topological polar surface area (TPSA) is 58.6 Å². The molecule has 0 bridgehead atoms. The Bertz CT molecular complexity index is 750. The van der Waals surface area contributed by atoms with Crippen molar-refractivity contribution < 1.29 is 14.6 Å². The van der Waals surface area contributed by atoms with Gasteiger partial charge < -0.3 is 15.2 Å². The Kier molecular flexibility index (Phi) is 9.06. The Morgan fingerprint density at radius 1 is 1.09 bits per heavy atom. The summed E-state index contributed by atoms with van der Waals surface area (Å²) in [6.45, 7) is 9.98. The first-order valence-corrected chi connectivity index (χ1v) is 14.9. The van der Waals surface area contributed by atoms with Gasteiger partial charge in [0.05, 0.1) is 13.2 Å². The molecule has 1 unspecified atom stereocenters. The smallest absolute Gasteiger partial charge is 0.305 e. The number of methoxy groups -OCH3 is 1. The van der Waals surface area contributed by atoms with Gasteiger partial charge >= 0.3 is 5.97 Å². The van der Waals surface area contributed by atoms with Gasteiger partial charge in [-0.1, -0.05) is 51.7 Å². The largest absolute Gasteiger partial charge is 0.469 e. The summed E-state index contributed by atoms with van der Waals surface area (Å²) in [5.74, 6) is 4.11. The summed E-state index contributed by atoms with van der Waals surface area (Å²) in [6.07, 6.45) is 18.9. The molecule has 0 radical (unpaired) electrons. The van der Waals surface area contributed by atoms with Gasteiger partial charge in [0.15, 0.2) is 0 Å². The summed E-state index contributed by atoms with van der Waals surface area (Å²) in [4.78, 5) is 11.2. The molecule has 4 aliphatic rings. The highest BCUT2D eigenvalue weighted by Crippen LogP contribution is 2.67. The fraction of sp³-hybridized carbons (Fsp3) is 0.903. The van der Waals surface area contributed by atoms with Crippen LogP contribution in [0.25, 0.3) is 0 Å². The second kappa shape index (κ2) is 11.7. The Hall–Kier alpha value is -0.870. The number of carbonyl (C=O) groups excluding carboxylic acids is 1. The van der Waals surface area contributed by atoms with Crippen molar-refractivity contribution in [2.75, 3.05) is 20.2 Å². The van der Waals surface area contributed by atoms with Crippen LogP contribution >= 0.6 is 0 Å². The van der Waals surface area contributed by atoms with Crippen molar-refractivity contribution >= 4 is 5.97 Å². The van der Waals surface area contributed by atoms with E-state index in [0.717, 1.165) is 68.4 Å². The fourth-order valence-electron chi connectivity index (χ4n) is 9.24. The average molecular weight is 488 g/mol. The molecule has 0 saturated heterocycles. The number of fused-ring (bicyclic) bond motifs is 5. The van der Waals surface area contributed by atoms with Crippen LogP contribution in [0.5, 0.6) is 0 Å². The van der Waals surface area contributed by atoms with E-state index in [4.69, 9.17) is 4.74 Å². The molecule has 4 aliphatic carbocycles. The molecule has 0 spiro atoms. The van der Waals surface area contributed by atoms with Crippen molar-refractivity contribution in [3.63, 3.8) is 0 Å². The monoisotopic (exact) mass is 487 g/mol. The van der Waals surface area contributed by atoms with E-state index in [-0.39, 0.29) is 12.1 Å². The van der Waals surface area contributed by atoms with E-state index < -0.39 is 0 Å². The summed E-state index contributed by atoms with van der Waals surface area (Å²) < 4.78 is 4.71. The molecule has 8 atom stereocenters. The predicted octanol–water partition coefficient (Wildman–Crippen LogP) is 6.67. The number of esters is 1. The highest BCUT2D eigenvalue weighted by molar-refractivity contribution is 5.68. The van der Waals surface area contributed by atoms with Crippen molar-refractivity contribution in [2.45, 2.75) is 117 Å². The van der Waals surface area contributed by atoms with E-state index in [0.29, 0.717) is 17.3 Å². The third kappa shape index (κ3) is 5.69. The lowest BCUT2D eigenvalue weighted by Crippen LogP contribution is -2.51. The third-order valence-electron chi connectivity index (χ3n) is 11.3. The minimum atomic E-state index is -0.101. The number of rotatable bonds is 11. The molecule has 2 N–H and O–H groups in total. The molecule has 0 aromatic carbocycles. The lowest BCUT2D eigenvalue weighted by atomic mass is 9.47. The van der Waals surface area contributed by atoms with Gasteiger partial charge in [-0.15, -0.1) is 0 Å². The standard InChI is InChI=1S/C31H53NO3/c1-22(21-32-19-9-7-5-6-8-10-29(34)35-4)26-13-14-27-25-12-11-23-20-24(33)15-17-30(23,2)28(25)16-18-31(26,27)3/h11,22,24-28,32-33H,5-10,12-21H2,1-4H3/t22-,24+,25?,26-,27+,28+,30+,31-/m1/s1. The highest BCUT2D eigenvalue weighted by Gasteiger charge is 2.59. The summed E-state index contributed by atoms with van der Waals surface area (Å²) in [5.41, 5.74) is 2.46. The van der Waals surface area contributed by atoms with E-state index >= 15 is 0 Å². The molecule has 0 heterocycles. The SMILES string of the molecule is COC(=O)CCCCCCCNC[C@@H](C)[C@H]1CC[C@H]2C3CC=C4C[C@@H](O)CC[C@]4(C)[C@H]3CC[C@]12C. The summed E-state index contributed by atoms with van der Waals surface area (Å²) in [7, 11) is 1.47. The first-order chi connectivity index (χ1) is 16.8. The summed E-state index contributed by atoms with van der Waals surface area (Å²) in [5, 5.41) is 14.1. The van der Waals surface area contributed by atoms with Crippen LogP contribution in [0, 0.1) is 40.4 Å². The Balaban J connectivity index is 1.22. The summed E-state index contributed by atoms with van der Waals surface area (Å²) in [6, 6.07) is 0. The number of hydrogen-bond donors (Lipinski definition) is 2. The van der Waals surface area contributed by atoms with Gasteiger partial charge in [0, 0.05) is 6.42 Å². The molecule has 0 aromatic heterocycles. The number of aliphatic hydroxyl groups is 1. The molecule has 0 aromatic rings. The lowest BCUT2D eigenvalue weighted by Gasteiger charge is -2.58. The predicted molar refractivity (Wildman–Crippen MR) is 143 cm³/mol. The highest BCUT2D eigenvalue weighted by atomic mass is 16.5. The van der Waals surface area contributed by atoms with Crippen LogP contribution in [0.4, 0.5) is 0 Å². The second-order valence-electron chi connectivity index (χ2n) is 13.2. The zero-order chi connectivity index (χ0) is 25.1. The molecular formula is C31H53NO3. The summed E-state index contributed by atoms with van der Waals surface area (Å²) >= 11 is 0. The maximum absolute atomic E-state index is 11.2.